The lowest BCUT2D eigenvalue weighted by molar-refractivity contribution is -0.140. The van der Waals surface area contributed by atoms with Gasteiger partial charge in [0.15, 0.2) is 6.29 Å². The van der Waals surface area contributed by atoms with E-state index in [4.69, 9.17) is 26.4 Å². The summed E-state index contributed by atoms with van der Waals surface area (Å²) in [6, 6.07) is 0.333. The van der Waals surface area contributed by atoms with Gasteiger partial charge in [0.05, 0.1) is 6.61 Å². The lowest BCUT2D eigenvalue weighted by atomic mass is 10.3. The van der Waals surface area contributed by atoms with Crippen LogP contribution in [0, 0.1) is 12.3 Å². The van der Waals surface area contributed by atoms with Crippen molar-refractivity contribution in [3.63, 3.8) is 0 Å². The summed E-state index contributed by atoms with van der Waals surface area (Å²) in [6.07, 6.45) is 6.44. The molecule has 0 amide bonds. The lowest BCUT2D eigenvalue weighted by Crippen LogP contribution is -2.20. The van der Waals surface area contributed by atoms with Gasteiger partial charge >= 0.3 is 0 Å². The Morgan fingerprint density at radius 2 is 1.75 bits per heavy atom. The van der Waals surface area contributed by atoms with Crippen LogP contribution in [0.3, 0.4) is 0 Å². The van der Waals surface area contributed by atoms with Crippen molar-refractivity contribution >= 4 is 0 Å². The molecule has 0 aliphatic carbocycles. The first-order valence-electron chi connectivity index (χ1n) is 5.40. The molecule has 0 aliphatic heterocycles. The van der Waals surface area contributed by atoms with E-state index in [9.17, 15) is 0 Å². The highest BCUT2D eigenvalue weighted by molar-refractivity contribution is 4.82. The van der Waals surface area contributed by atoms with E-state index < -0.39 is 0 Å². The molecule has 0 heterocycles. The highest BCUT2D eigenvalue weighted by atomic mass is 16.7. The molecule has 16 heavy (non-hydrogen) atoms. The van der Waals surface area contributed by atoms with Crippen LogP contribution in [0.1, 0.15) is 26.7 Å². The molecule has 0 rings (SSSR count). The number of rotatable bonds is 7. The summed E-state index contributed by atoms with van der Waals surface area (Å²) in [4.78, 5) is 0. The van der Waals surface area contributed by atoms with Gasteiger partial charge in [-0.1, -0.05) is 13.8 Å². The van der Waals surface area contributed by atoms with Crippen LogP contribution in [0.2, 0.25) is 0 Å². The van der Waals surface area contributed by atoms with E-state index in [1.807, 2.05) is 13.8 Å². The van der Waals surface area contributed by atoms with Gasteiger partial charge in [-0.2, -0.15) is 0 Å². The summed E-state index contributed by atoms with van der Waals surface area (Å²) < 4.78 is 15.1. The van der Waals surface area contributed by atoms with Crippen molar-refractivity contribution in [1.82, 2.24) is 0 Å². The SMILES string of the molecule is C#CCCCOCC(OC)OC.CC(C)N. The van der Waals surface area contributed by atoms with Gasteiger partial charge in [0.1, 0.15) is 0 Å². The second-order valence-electron chi connectivity index (χ2n) is 3.53. The van der Waals surface area contributed by atoms with Crippen molar-refractivity contribution in [2.45, 2.75) is 39.0 Å². The quantitative estimate of drug-likeness (QED) is 0.409. The molecule has 0 aromatic carbocycles. The summed E-state index contributed by atoms with van der Waals surface area (Å²) in [5.41, 5.74) is 5.11. The lowest BCUT2D eigenvalue weighted by Gasteiger charge is -2.12. The summed E-state index contributed by atoms with van der Waals surface area (Å²) in [5.74, 6) is 2.54. The molecule has 0 atom stereocenters. The fourth-order valence-electron chi connectivity index (χ4n) is 0.688. The fraction of sp³-hybridized carbons (Fsp3) is 0.833. The zero-order chi connectivity index (χ0) is 12.8. The topological polar surface area (TPSA) is 53.7 Å². The van der Waals surface area contributed by atoms with E-state index >= 15 is 0 Å². The van der Waals surface area contributed by atoms with E-state index in [2.05, 4.69) is 5.92 Å². The van der Waals surface area contributed by atoms with Gasteiger partial charge in [0.2, 0.25) is 0 Å². The Balaban J connectivity index is 0. The highest BCUT2D eigenvalue weighted by Gasteiger charge is 2.03. The van der Waals surface area contributed by atoms with Crippen molar-refractivity contribution in [2.24, 2.45) is 5.73 Å². The molecule has 2 N–H and O–H groups in total. The maximum atomic E-state index is 5.23. The van der Waals surface area contributed by atoms with Crippen molar-refractivity contribution in [3.8, 4) is 12.3 Å². The third-order valence-corrected chi connectivity index (χ3v) is 1.39. The number of hydrogen-bond acceptors (Lipinski definition) is 4. The maximum absolute atomic E-state index is 5.23. The molecule has 0 radical (unpaired) electrons. The van der Waals surface area contributed by atoms with Crippen LogP contribution in [-0.2, 0) is 14.2 Å². The van der Waals surface area contributed by atoms with Crippen LogP contribution in [-0.4, -0.2) is 39.8 Å². The first-order valence-corrected chi connectivity index (χ1v) is 5.40. The molecule has 4 heteroatoms. The fourth-order valence-corrected chi connectivity index (χ4v) is 0.688. The molecule has 0 aromatic heterocycles. The average Bonchev–Trinajstić information content (AvgIpc) is 2.23. The highest BCUT2D eigenvalue weighted by Crippen LogP contribution is 1.94. The molecular formula is C12H25NO3. The molecule has 0 fully saturated rings. The predicted octanol–water partition coefficient (Wildman–Crippen LogP) is 1.39. The first-order chi connectivity index (χ1) is 7.58. The molecule has 4 nitrogen and oxygen atoms in total. The summed E-state index contributed by atoms with van der Waals surface area (Å²) in [5, 5.41) is 0. The monoisotopic (exact) mass is 231 g/mol. The number of terminal acetylenes is 1. The van der Waals surface area contributed by atoms with Crippen LogP contribution < -0.4 is 5.73 Å². The number of unbranched alkanes of at least 4 members (excludes halogenated alkanes) is 1. The Morgan fingerprint density at radius 1 is 1.25 bits per heavy atom. The van der Waals surface area contributed by atoms with Crippen LogP contribution >= 0.6 is 0 Å². The normalized spacial score (nSPS) is 9.88. The minimum absolute atomic E-state index is 0.268. The van der Waals surface area contributed by atoms with Crippen molar-refractivity contribution < 1.29 is 14.2 Å². The molecule has 0 saturated heterocycles. The summed E-state index contributed by atoms with van der Waals surface area (Å²) in [6.45, 7) is 5.00. The minimum Gasteiger partial charge on any atom is -0.376 e. The third kappa shape index (κ3) is 19.0. The average molecular weight is 231 g/mol. The van der Waals surface area contributed by atoms with Crippen LogP contribution in [0.4, 0.5) is 0 Å². The Hall–Kier alpha value is -0.600. The summed E-state index contributed by atoms with van der Waals surface area (Å²) in [7, 11) is 3.16. The third-order valence-electron chi connectivity index (χ3n) is 1.39. The first kappa shape index (κ1) is 17.8. The van der Waals surface area contributed by atoms with Gasteiger partial charge in [0.25, 0.3) is 0 Å². The van der Waals surface area contributed by atoms with Gasteiger partial charge < -0.3 is 19.9 Å². The molecule has 0 aromatic rings. The van der Waals surface area contributed by atoms with Crippen LogP contribution in [0.25, 0.3) is 0 Å². The number of hydrogen-bond donors (Lipinski definition) is 1. The van der Waals surface area contributed by atoms with Crippen molar-refractivity contribution in [1.29, 1.82) is 0 Å². The van der Waals surface area contributed by atoms with Crippen LogP contribution in [0.15, 0.2) is 0 Å². The number of methoxy groups -OCH3 is 2. The largest absolute Gasteiger partial charge is 0.376 e. The van der Waals surface area contributed by atoms with E-state index in [1.165, 1.54) is 0 Å². The van der Waals surface area contributed by atoms with E-state index in [0.717, 1.165) is 12.8 Å². The standard InChI is InChI=1S/C9H16O3.C3H9N/c1-4-5-6-7-12-8-9(10-2)11-3;1-3(2)4/h1,9H,5-8H2,2-3H3;3H,4H2,1-2H3. The van der Waals surface area contributed by atoms with Gasteiger partial charge in [-0.25, -0.2) is 0 Å². The minimum atomic E-state index is -0.268. The van der Waals surface area contributed by atoms with E-state index in [0.29, 0.717) is 19.3 Å². The molecular weight excluding hydrogens is 206 g/mol. The maximum Gasteiger partial charge on any atom is 0.180 e. The Labute approximate surface area is 99.4 Å². The van der Waals surface area contributed by atoms with Crippen LogP contribution in [0.5, 0.6) is 0 Å². The van der Waals surface area contributed by atoms with Gasteiger partial charge in [0, 0.05) is 27.2 Å². The molecule has 0 spiro atoms. The Kier molecular flexibility index (Phi) is 16.0. The smallest absolute Gasteiger partial charge is 0.180 e. The summed E-state index contributed by atoms with van der Waals surface area (Å²) >= 11 is 0. The molecule has 0 bridgehead atoms. The number of nitrogens with two attached hydrogens (primary N) is 1. The van der Waals surface area contributed by atoms with Crippen molar-refractivity contribution in [3.05, 3.63) is 0 Å². The van der Waals surface area contributed by atoms with E-state index in [1.54, 1.807) is 14.2 Å². The molecule has 0 saturated carbocycles. The van der Waals surface area contributed by atoms with E-state index in [-0.39, 0.29) is 6.29 Å². The Bertz CT molecular complexity index is 159. The van der Waals surface area contributed by atoms with Gasteiger partial charge in [-0.05, 0) is 12.5 Å². The molecule has 96 valence electrons. The molecule has 0 aliphatic rings. The van der Waals surface area contributed by atoms with Gasteiger partial charge in [-0.15, -0.1) is 12.3 Å². The predicted molar refractivity (Wildman–Crippen MR) is 66.0 cm³/mol. The number of ether oxygens (including phenoxy) is 3. The second-order valence-corrected chi connectivity index (χ2v) is 3.53. The van der Waals surface area contributed by atoms with Crippen molar-refractivity contribution in [2.75, 3.05) is 27.4 Å². The Morgan fingerprint density at radius 3 is 2.12 bits per heavy atom. The van der Waals surface area contributed by atoms with Gasteiger partial charge in [-0.3, -0.25) is 0 Å². The molecule has 0 unspecified atom stereocenters. The zero-order valence-electron chi connectivity index (χ0n) is 10.9. The second kappa shape index (κ2) is 14.4. The zero-order valence-corrected chi connectivity index (χ0v) is 10.9.